The van der Waals surface area contributed by atoms with Gasteiger partial charge in [-0.2, -0.15) is 13.2 Å². The zero-order valence-electron chi connectivity index (χ0n) is 16.5. The number of nitro groups is 1. The second kappa shape index (κ2) is 8.61. The number of benzene rings is 2. The number of aryl methyl sites for hydroxylation is 1. The van der Waals surface area contributed by atoms with Gasteiger partial charge in [0.1, 0.15) is 5.58 Å². The first kappa shape index (κ1) is 23.3. The first-order valence-corrected chi connectivity index (χ1v) is 9.74. The van der Waals surface area contributed by atoms with Gasteiger partial charge in [-0.05, 0) is 38.1 Å². The number of halogens is 4. The zero-order valence-corrected chi connectivity index (χ0v) is 18.0. The Hall–Kier alpha value is -3.41. The van der Waals surface area contributed by atoms with Crippen molar-refractivity contribution in [1.29, 1.82) is 0 Å². The summed E-state index contributed by atoms with van der Waals surface area (Å²) in [6, 6.07) is 6.95. The van der Waals surface area contributed by atoms with Crippen molar-refractivity contribution in [1.82, 2.24) is 0 Å². The highest BCUT2D eigenvalue weighted by Crippen LogP contribution is 2.37. The largest absolute Gasteiger partial charge is 0.449 e. The Bertz CT molecular complexity index is 1240. The summed E-state index contributed by atoms with van der Waals surface area (Å²) < 4.78 is 51.1. The van der Waals surface area contributed by atoms with Crippen molar-refractivity contribution in [2.45, 2.75) is 26.1 Å². The number of nitrogens with one attached hydrogen (secondary N) is 1. The van der Waals surface area contributed by atoms with Gasteiger partial charge in [0, 0.05) is 27.6 Å². The summed E-state index contributed by atoms with van der Waals surface area (Å²) in [5, 5.41) is 13.4. The number of furan rings is 1. The molecule has 2 aromatic carbocycles. The number of hydrogen-bond acceptors (Lipinski definition) is 6. The van der Waals surface area contributed by atoms with Crippen LogP contribution in [0, 0.1) is 17.0 Å². The van der Waals surface area contributed by atoms with E-state index < -0.39 is 46.0 Å². The van der Waals surface area contributed by atoms with E-state index in [0.29, 0.717) is 22.6 Å². The van der Waals surface area contributed by atoms with E-state index in [4.69, 9.17) is 9.15 Å². The van der Waals surface area contributed by atoms with Gasteiger partial charge < -0.3 is 14.5 Å². The molecule has 12 heteroatoms. The van der Waals surface area contributed by atoms with E-state index in [2.05, 4.69) is 15.9 Å². The quantitative estimate of drug-likeness (QED) is 0.269. The highest BCUT2D eigenvalue weighted by atomic mass is 79.9. The Morgan fingerprint density at radius 3 is 2.53 bits per heavy atom. The summed E-state index contributed by atoms with van der Waals surface area (Å²) in [7, 11) is 0. The maximum Gasteiger partial charge on any atom is 0.418 e. The molecule has 1 amide bonds. The van der Waals surface area contributed by atoms with Crippen LogP contribution in [0.1, 0.15) is 28.6 Å². The lowest BCUT2D eigenvalue weighted by Crippen LogP contribution is -2.30. The van der Waals surface area contributed by atoms with E-state index in [9.17, 15) is 32.9 Å². The van der Waals surface area contributed by atoms with E-state index >= 15 is 0 Å². The van der Waals surface area contributed by atoms with Crippen LogP contribution in [-0.2, 0) is 15.7 Å². The van der Waals surface area contributed by atoms with Crippen LogP contribution in [0.3, 0.4) is 0 Å². The highest BCUT2D eigenvalue weighted by molar-refractivity contribution is 9.10. The summed E-state index contributed by atoms with van der Waals surface area (Å²) in [6.45, 7) is 2.78. The second-order valence-corrected chi connectivity index (χ2v) is 7.63. The maximum atomic E-state index is 13.3. The number of esters is 1. The Morgan fingerprint density at radius 1 is 1.22 bits per heavy atom. The van der Waals surface area contributed by atoms with Crippen LogP contribution < -0.4 is 5.32 Å². The molecule has 3 aromatic rings. The minimum absolute atomic E-state index is 0.149. The van der Waals surface area contributed by atoms with Crippen LogP contribution in [0.2, 0.25) is 0 Å². The smallest absolute Gasteiger partial charge is 0.418 e. The third-order valence-electron chi connectivity index (χ3n) is 4.51. The van der Waals surface area contributed by atoms with E-state index in [-0.39, 0.29) is 5.76 Å². The molecule has 0 aliphatic carbocycles. The predicted molar refractivity (Wildman–Crippen MR) is 110 cm³/mol. The zero-order chi connectivity index (χ0) is 23.8. The number of rotatable bonds is 5. The molecular formula is C20H14BrF3N2O6. The van der Waals surface area contributed by atoms with Gasteiger partial charge in [-0.3, -0.25) is 14.9 Å². The first-order chi connectivity index (χ1) is 14.9. The van der Waals surface area contributed by atoms with Gasteiger partial charge in [0.05, 0.1) is 16.2 Å². The number of carbonyl (C=O) groups excluding carboxylic acids is 2. The van der Waals surface area contributed by atoms with Crippen molar-refractivity contribution >= 4 is 50.2 Å². The van der Waals surface area contributed by atoms with Crippen LogP contribution in [0.25, 0.3) is 11.0 Å². The molecule has 32 heavy (non-hydrogen) atoms. The van der Waals surface area contributed by atoms with Gasteiger partial charge in [-0.25, -0.2) is 4.79 Å². The molecule has 0 radical (unpaired) electrons. The number of nitrogens with zero attached hydrogens (tertiary/aromatic N) is 1. The highest BCUT2D eigenvalue weighted by Gasteiger charge is 2.36. The molecule has 1 aromatic heterocycles. The van der Waals surface area contributed by atoms with Gasteiger partial charge in [-0.15, -0.1) is 0 Å². The van der Waals surface area contributed by atoms with Gasteiger partial charge in [0.15, 0.2) is 6.10 Å². The summed E-state index contributed by atoms with van der Waals surface area (Å²) in [5.74, 6) is -2.18. The molecule has 0 aliphatic heterocycles. The second-order valence-electron chi connectivity index (χ2n) is 6.72. The van der Waals surface area contributed by atoms with E-state index in [1.54, 1.807) is 25.1 Å². The lowest BCUT2D eigenvalue weighted by atomic mass is 10.1. The number of hydrogen-bond donors (Lipinski definition) is 1. The summed E-state index contributed by atoms with van der Waals surface area (Å²) in [6.07, 6.45) is -6.45. The van der Waals surface area contributed by atoms with Crippen LogP contribution in [0.5, 0.6) is 0 Å². The molecular weight excluding hydrogens is 501 g/mol. The van der Waals surface area contributed by atoms with Gasteiger partial charge in [0.25, 0.3) is 11.6 Å². The molecule has 0 bridgehead atoms. The van der Waals surface area contributed by atoms with Crippen molar-refractivity contribution < 1.29 is 36.8 Å². The molecule has 1 atom stereocenters. The number of ether oxygens (including phenoxy) is 1. The number of alkyl halides is 3. The molecule has 0 aliphatic rings. The molecule has 0 spiro atoms. The number of anilines is 1. The van der Waals surface area contributed by atoms with Gasteiger partial charge in [0.2, 0.25) is 5.76 Å². The molecule has 0 unspecified atom stereocenters. The number of fused-ring (bicyclic) bond motifs is 1. The molecule has 3 rings (SSSR count). The normalized spacial score (nSPS) is 12.4. The Labute approximate surface area is 186 Å². The van der Waals surface area contributed by atoms with Crippen molar-refractivity contribution in [2.75, 3.05) is 5.32 Å². The van der Waals surface area contributed by atoms with Crippen molar-refractivity contribution in [3.05, 3.63) is 67.9 Å². The lowest BCUT2D eigenvalue weighted by molar-refractivity contribution is -0.385. The topological polar surface area (TPSA) is 112 Å². The Kier molecular flexibility index (Phi) is 6.26. The fraction of sp³-hybridized carbons (Fsp3) is 0.200. The average Bonchev–Trinajstić information content (AvgIpc) is 3.03. The van der Waals surface area contributed by atoms with Crippen molar-refractivity contribution in [3.63, 3.8) is 0 Å². The minimum Gasteiger partial charge on any atom is -0.449 e. The molecule has 8 nitrogen and oxygen atoms in total. The average molecular weight is 515 g/mol. The third kappa shape index (κ3) is 4.74. The number of amides is 1. The van der Waals surface area contributed by atoms with Crippen LogP contribution in [-0.4, -0.2) is 22.9 Å². The molecule has 168 valence electrons. The van der Waals surface area contributed by atoms with Crippen molar-refractivity contribution in [2.24, 2.45) is 0 Å². The SMILES string of the molecule is Cc1c(C(=O)O[C@H](C)C(=O)Nc2ccc([N+](=O)[O-])cc2C(F)(F)F)oc2ccc(Br)cc12. The van der Waals surface area contributed by atoms with E-state index in [1.807, 2.05) is 5.32 Å². The number of non-ortho nitro benzene ring substituents is 1. The molecule has 0 saturated carbocycles. The van der Waals surface area contributed by atoms with E-state index in [1.165, 1.54) is 6.92 Å². The summed E-state index contributed by atoms with van der Waals surface area (Å²) in [5.41, 5.74) is -2.02. The van der Waals surface area contributed by atoms with Crippen LogP contribution >= 0.6 is 15.9 Å². The van der Waals surface area contributed by atoms with Crippen LogP contribution in [0.15, 0.2) is 45.3 Å². The maximum absolute atomic E-state index is 13.3. The third-order valence-corrected chi connectivity index (χ3v) is 5.01. The standard InChI is InChI=1S/C20H14BrF3N2O6/c1-9-13-7-11(21)3-6-16(13)32-17(9)19(28)31-10(2)18(27)25-15-5-4-12(26(29)30)8-14(15)20(22,23)24/h3-8,10H,1-2H3,(H,25,27)/t10-/m1/s1. The van der Waals surface area contributed by atoms with Gasteiger partial charge in [-0.1, -0.05) is 15.9 Å². The Morgan fingerprint density at radius 2 is 1.91 bits per heavy atom. The van der Waals surface area contributed by atoms with Crippen molar-refractivity contribution in [3.8, 4) is 0 Å². The van der Waals surface area contributed by atoms with E-state index in [0.717, 1.165) is 16.6 Å². The molecule has 0 saturated heterocycles. The molecule has 1 N–H and O–H groups in total. The summed E-state index contributed by atoms with van der Waals surface area (Å²) >= 11 is 3.31. The molecule has 0 fully saturated rings. The number of nitro benzene ring substituents is 1. The van der Waals surface area contributed by atoms with Gasteiger partial charge >= 0.3 is 12.1 Å². The Balaban J connectivity index is 1.79. The first-order valence-electron chi connectivity index (χ1n) is 8.94. The lowest BCUT2D eigenvalue weighted by Gasteiger charge is -2.16. The molecule has 1 heterocycles. The predicted octanol–water partition coefficient (Wildman–Crippen LogP) is 5.61. The minimum atomic E-state index is -4.96. The monoisotopic (exact) mass is 514 g/mol. The number of carbonyl (C=O) groups is 2. The fourth-order valence-electron chi connectivity index (χ4n) is 2.88. The summed E-state index contributed by atoms with van der Waals surface area (Å²) in [4.78, 5) is 34.6. The fourth-order valence-corrected chi connectivity index (χ4v) is 3.24. The van der Waals surface area contributed by atoms with Crippen LogP contribution in [0.4, 0.5) is 24.5 Å².